The Kier molecular flexibility index (Phi) is 3.64. The molecular formula is C12H13ClN2O2. The van der Waals surface area contributed by atoms with Gasteiger partial charge < -0.3 is 10.1 Å². The molecule has 2 rings (SSSR count). The SMILES string of the molecule is O=C(O)CCCCc1nc2c(Cl)cccc2[nH]1. The first kappa shape index (κ1) is 11.9. The highest BCUT2D eigenvalue weighted by molar-refractivity contribution is 6.34. The number of aromatic nitrogens is 2. The molecule has 0 spiro atoms. The first-order valence-corrected chi connectivity index (χ1v) is 5.89. The molecule has 0 aliphatic heterocycles. The molecule has 0 radical (unpaired) electrons. The quantitative estimate of drug-likeness (QED) is 0.804. The van der Waals surface area contributed by atoms with E-state index in [2.05, 4.69) is 9.97 Å². The van der Waals surface area contributed by atoms with Gasteiger partial charge in [0.1, 0.15) is 11.3 Å². The van der Waals surface area contributed by atoms with E-state index in [0.29, 0.717) is 11.4 Å². The van der Waals surface area contributed by atoms with Crippen LogP contribution in [-0.2, 0) is 11.2 Å². The van der Waals surface area contributed by atoms with E-state index in [-0.39, 0.29) is 6.42 Å². The number of hydrogen-bond donors (Lipinski definition) is 2. The molecule has 1 aromatic carbocycles. The number of rotatable bonds is 5. The maximum Gasteiger partial charge on any atom is 0.303 e. The number of fused-ring (bicyclic) bond motifs is 1. The lowest BCUT2D eigenvalue weighted by molar-refractivity contribution is -0.137. The zero-order valence-electron chi connectivity index (χ0n) is 9.24. The van der Waals surface area contributed by atoms with Gasteiger partial charge in [-0.05, 0) is 25.0 Å². The first-order chi connectivity index (χ1) is 8.16. The second-order valence-electron chi connectivity index (χ2n) is 3.92. The van der Waals surface area contributed by atoms with Crippen molar-refractivity contribution in [1.82, 2.24) is 9.97 Å². The summed E-state index contributed by atoms with van der Waals surface area (Å²) in [6.07, 6.45) is 2.43. The van der Waals surface area contributed by atoms with Gasteiger partial charge in [-0.1, -0.05) is 17.7 Å². The summed E-state index contributed by atoms with van der Waals surface area (Å²) in [6, 6.07) is 5.60. The van der Waals surface area contributed by atoms with Gasteiger partial charge in [-0.2, -0.15) is 0 Å². The van der Waals surface area contributed by atoms with Crippen LogP contribution in [-0.4, -0.2) is 21.0 Å². The van der Waals surface area contributed by atoms with Gasteiger partial charge in [0.25, 0.3) is 0 Å². The van der Waals surface area contributed by atoms with Crippen LogP contribution in [0.3, 0.4) is 0 Å². The summed E-state index contributed by atoms with van der Waals surface area (Å²) < 4.78 is 0. The van der Waals surface area contributed by atoms with Crippen molar-refractivity contribution in [2.75, 3.05) is 0 Å². The van der Waals surface area contributed by atoms with Gasteiger partial charge in [0.15, 0.2) is 0 Å². The van der Waals surface area contributed by atoms with E-state index in [1.54, 1.807) is 6.07 Å². The number of carbonyl (C=O) groups is 1. The van der Waals surface area contributed by atoms with E-state index in [1.807, 2.05) is 12.1 Å². The highest BCUT2D eigenvalue weighted by Gasteiger charge is 2.05. The Bertz CT molecular complexity index is 536. The Morgan fingerprint density at radius 3 is 2.94 bits per heavy atom. The second kappa shape index (κ2) is 5.19. The Balaban J connectivity index is 2.00. The van der Waals surface area contributed by atoms with Gasteiger partial charge in [-0.3, -0.25) is 4.79 Å². The summed E-state index contributed by atoms with van der Waals surface area (Å²) in [7, 11) is 0. The number of nitrogens with zero attached hydrogens (tertiary/aromatic N) is 1. The number of aliphatic carboxylic acids is 1. The first-order valence-electron chi connectivity index (χ1n) is 5.52. The van der Waals surface area contributed by atoms with E-state index >= 15 is 0 Å². The number of carboxylic acids is 1. The van der Waals surface area contributed by atoms with Crippen LogP contribution < -0.4 is 0 Å². The summed E-state index contributed by atoms with van der Waals surface area (Å²) in [5.41, 5.74) is 1.70. The van der Waals surface area contributed by atoms with Crippen molar-refractivity contribution in [2.45, 2.75) is 25.7 Å². The van der Waals surface area contributed by atoms with Crippen molar-refractivity contribution < 1.29 is 9.90 Å². The summed E-state index contributed by atoms with van der Waals surface area (Å²) in [4.78, 5) is 17.9. The lowest BCUT2D eigenvalue weighted by Gasteiger charge is -1.95. The number of aryl methyl sites for hydroxylation is 1. The topological polar surface area (TPSA) is 66.0 Å². The molecule has 90 valence electrons. The molecule has 0 atom stereocenters. The fourth-order valence-corrected chi connectivity index (χ4v) is 1.95. The third kappa shape index (κ3) is 2.97. The number of carboxylic acid groups (broad SMARTS) is 1. The Morgan fingerprint density at radius 1 is 1.41 bits per heavy atom. The van der Waals surface area contributed by atoms with Crippen LogP contribution in [0.5, 0.6) is 0 Å². The van der Waals surface area contributed by atoms with Gasteiger partial charge in [0.2, 0.25) is 0 Å². The predicted octanol–water partition coefficient (Wildman–Crippen LogP) is 3.01. The number of H-pyrrole nitrogens is 1. The lowest BCUT2D eigenvalue weighted by atomic mass is 10.2. The average Bonchev–Trinajstić information content (AvgIpc) is 2.69. The molecular weight excluding hydrogens is 240 g/mol. The Hall–Kier alpha value is -1.55. The van der Waals surface area contributed by atoms with Crippen LogP contribution in [0, 0.1) is 0 Å². The molecule has 2 aromatic rings. The van der Waals surface area contributed by atoms with Crippen LogP contribution in [0.1, 0.15) is 25.1 Å². The van der Waals surface area contributed by atoms with Gasteiger partial charge >= 0.3 is 5.97 Å². The van der Waals surface area contributed by atoms with Gasteiger partial charge in [0.05, 0.1) is 10.5 Å². The monoisotopic (exact) mass is 252 g/mol. The van der Waals surface area contributed by atoms with Crippen molar-refractivity contribution in [3.05, 3.63) is 29.0 Å². The Labute approximate surface area is 104 Å². The van der Waals surface area contributed by atoms with Crippen molar-refractivity contribution in [1.29, 1.82) is 0 Å². The normalized spacial score (nSPS) is 10.9. The molecule has 0 bridgehead atoms. The zero-order valence-corrected chi connectivity index (χ0v) is 10.00. The molecule has 0 aliphatic carbocycles. The molecule has 0 saturated heterocycles. The number of nitrogens with one attached hydrogen (secondary N) is 1. The zero-order chi connectivity index (χ0) is 12.3. The minimum atomic E-state index is -0.752. The molecule has 0 amide bonds. The number of benzene rings is 1. The highest BCUT2D eigenvalue weighted by atomic mass is 35.5. The van der Waals surface area contributed by atoms with Crippen molar-refractivity contribution in [3.8, 4) is 0 Å². The van der Waals surface area contributed by atoms with Gasteiger partial charge in [-0.25, -0.2) is 4.98 Å². The number of unbranched alkanes of at least 4 members (excludes halogenated alkanes) is 1. The minimum Gasteiger partial charge on any atom is -0.481 e. The predicted molar refractivity (Wildman–Crippen MR) is 66.3 cm³/mol. The molecule has 0 saturated carbocycles. The average molecular weight is 253 g/mol. The molecule has 5 heteroatoms. The lowest BCUT2D eigenvalue weighted by Crippen LogP contribution is -1.95. The molecule has 17 heavy (non-hydrogen) atoms. The van der Waals surface area contributed by atoms with E-state index in [0.717, 1.165) is 29.7 Å². The fraction of sp³-hybridized carbons (Fsp3) is 0.333. The van der Waals surface area contributed by atoms with Crippen LogP contribution in [0.25, 0.3) is 11.0 Å². The van der Waals surface area contributed by atoms with Crippen LogP contribution in [0.2, 0.25) is 5.02 Å². The molecule has 1 heterocycles. The molecule has 1 aromatic heterocycles. The number of halogens is 1. The van der Waals surface area contributed by atoms with Crippen LogP contribution >= 0.6 is 11.6 Å². The van der Waals surface area contributed by atoms with Crippen LogP contribution in [0.4, 0.5) is 0 Å². The molecule has 0 aliphatic rings. The number of imidazole rings is 1. The fourth-order valence-electron chi connectivity index (χ4n) is 1.74. The third-order valence-corrected chi connectivity index (χ3v) is 2.87. The van der Waals surface area contributed by atoms with Crippen molar-refractivity contribution in [3.63, 3.8) is 0 Å². The van der Waals surface area contributed by atoms with Crippen LogP contribution in [0.15, 0.2) is 18.2 Å². The summed E-state index contributed by atoms with van der Waals surface area (Å²) in [6.45, 7) is 0. The smallest absolute Gasteiger partial charge is 0.303 e. The Morgan fingerprint density at radius 2 is 2.24 bits per heavy atom. The number of para-hydroxylation sites is 1. The van der Waals surface area contributed by atoms with E-state index in [4.69, 9.17) is 16.7 Å². The number of aromatic amines is 1. The maximum atomic E-state index is 10.4. The minimum absolute atomic E-state index is 0.209. The molecule has 4 nitrogen and oxygen atoms in total. The van der Waals surface area contributed by atoms with Crippen molar-refractivity contribution >= 4 is 28.6 Å². The van der Waals surface area contributed by atoms with E-state index < -0.39 is 5.97 Å². The summed E-state index contributed by atoms with van der Waals surface area (Å²) in [5, 5.41) is 9.16. The maximum absolute atomic E-state index is 10.4. The molecule has 0 fully saturated rings. The van der Waals surface area contributed by atoms with Crippen molar-refractivity contribution in [2.24, 2.45) is 0 Å². The standard InChI is InChI=1S/C12H13ClN2O2/c13-8-4-3-5-9-12(8)15-10(14-9)6-1-2-7-11(16)17/h3-5H,1-2,6-7H2,(H,14,15)(H,16,17). The van der Waals surface area contributed by atoms with Gasteiger partial charge in [0, 0.05) is 12.8 Å². The number of hydrogen-bond acceptors (Lipinski definition) is 2. The van der Waals surface area contributed by atoms with E-state index in [9.17, 15) is 4.79 Å². The van der Waals surface area contributed by atoms with Gasteiger partial charge in [-0.15, -0.1) is 0 Å². The third-order valence-electron chi connectivity index (χ3n) is 2.57. The largest absolute Gasteiger partial charge is 0.481 e. The molecule has 0 unspecified atom stereocenters. The second-order valence-corrected chi connectivity index (χ2v) is 4.33. The van der Waals surface area contributed by atoms with E-state index in [1.165, 1.54) is 0 Å². The summed E-state index contributed by atoms with van der Waals surface area (Å²) in [5.74, 6) is 0.108. The summed E-state index contributed by atoms with van der Waals surface area (Å²) >= 11 is 6.01. The molecule has 2 N–H and O–H groups in total. The highest BCUT2D eigenvalue weighted by Crippen LogP contribution is 2.21.